The van der Waals surface area contributed by atoms with E-state index in [2.05, 4.69) is 5.32 Å². The Kier molecular flexibility index (Phi) is 8.09. The highest BCUT2D eigenvalue weighted by molar-refractivity contribution is 7.89. The van der Waals surface area contributed by atoms with Gasteiger partial charge in [0.2, 0.25) is 10.0 Å². The number of rotatable bonds is 8. The number of benzene rings is 2. The first-order valence-electron chi connectivity index (χ1n) is 10.7. The number of nitrogens with one attached hydrogen (secondary N) is 1. The predicted octanol–water partition coefficient (Wildman–Crippen LogP) is 3.81. The SMILES string of the molecule is CCOc1cccc(/C=C(\C#N)C(=O)Nc2cccc(S(=O)(=O)N3CCCCC3)c2)c1OC. The van der Waals surface area contributed by atoms with E-state index in [0.29, 0.717) is 36.8 Å². The second-order valence-corrected chi connectivity index (χ2v) is 9.37. The van der Waals surface area contributed by atoms with Crippen molar-refractivity contribution in [2.45, 2.75) is 31.1 Å². The maximum Gasteiger partial charge on any atom is 0.266 e. The van der Waals surface area contributed by atoms with Gasteiger partial charge in [-0.3, -0.25) is 4.79 Å². The molecule has 0 spiro atoms. The molecule has 1 heterocycles. The summed E-state index contributed by atoms with van der Waals surface area (Å²) in [6.07, 6.45) is 4.09. The standard InChI is InChI=1S/C24H27N3O5S/c1-3-32-22-12-7-9-18(23(22)31-2)15-19(17-25)24(28)26-20-10-8-11-21(16-20)33(29,30)27-13-5-4-6-14-27/h7-12,15-16H,3-6,13-14H2,1-2H3,(H,26,28)/b19-15+. The zero-order chi connectivity index (χ0) is 23.8. The van der Waals surface area contributed by atoms with Crippen molar-refractivity contribution >= 4 is 27.7 Å². The van der Waals surface area contributed by atoms with Gasteiger partial charge >= 0.3 is 0 Å². The number of anilines is 1. The maximum absolute atomic E-state index is 12.9. The Bertz CT molecular complexity index is 1180. The minimum atomic E-state index is -3.64. The highest BCUT2D eigenvalue weighted by atomic mass is 32.2. The lowest BCUT2D eigenvalue weighted by Crippen LogP contribution is -2.35. The lowest BCUT2D eigenvalue weighted by atomic mass is 10.1. The Morgan fingerprint density at radius 2 is 1.91 bits per heavy atom. The van der Waals surface area contributed by atoms with Gasteiger partial charge in [0, 0.05) is 24.3 Å². The smallest absolute Gasteiger partial charge is 0.266 e. The topological polar surface area (TPSA) is 109 Å². The molecule has 1 amide bonds. The Balaban J connectivity index is 1.84. The summed E-state index contributed by atoms with van der Waals surface area (Å²) in [6, 6.07) is 13.1. The monoisotopic (exact) mass is 469 g/mol. The molecule has 1 aliphatic rings. The van der Waals surface area contributed by atoms with Gasteiger partial charge in [-0.25, -0.2) is 8.42 Å². The van der Waals surface area contributed by atoms with Gasteiger partial charge in [0.05, 0.1) is 18.6 Å². The van der Waals surface area contributed by atoms with E-state index in [1.807, 2.05) is 13.0 Å². The number of nitrogens with zero attached hydrogens (tertiary/aromatic N) is 2. The number of nitriles is 1. The molecule has 0 unspecified atom stereocenters. The van der Waals surface area contributed by atoms with Gasteiger partial charge in [-0.1, -0.05) is 24.6 Å². The first kappa shape index (κ1) is 24.3. The van der Waals surface area contributed by atoms with Gasteiger partial charge < -0.3 is 14.8 Å². The van der Waals surface area contributed by atoms with Crippen molar-refractivity contribution in [1.29, 1.82) is 5.26 Å². The zero-order valence-corrected chi connectivity index (χ0v) is 19.5. The summed E-state index contributed by atoms with van der Waals surface area (Å²) in [5, 5.41) is 12.2. The van der Waals surface area contributed by atoms with E-state index in [4.69, 9.17) is 9.47 Å². The molecule has 0 aliphatic carbocycles. The number of piperidine rings is 1. The second kappa shape index (κ2) is 11.0. The van der Waals surface area contributed by atoms with E-state index in [-0.39, 0.29) is 16.2 Å². The normalized spacial score (nSPS) is 14.9. The molecule has 174 valence electrons. The lowest BCUT2D eigenvalue weighted by molar-refractivity contribution is -0.112. The van der Waals surface area contributed by atoms with Crippen LogP contribution in [0.3, 0.4) is 0 Å². The third-order valence-corrected chi connectivity index (χ3v) is 7.12. The second-order valence-electron chi connectivity index (χ2n) is 7.43. The predicted molar refractivity (Wildman–Crippen MR) is 125 cm³/mol. The molecule has 33 heavy (non-hydrogen) atoms. The Hall–Kier alpha value is -3.35. The highest BCUT2D eigenvalue weighted by Gasteiger charge is 2.26. The molecule has 2 aromatic rings. The summed E-state index contributed by atoms with van der Waals surface area (Å²) in [5.74, 6) is 0.255. The molecule has 0 radical (unpaired) electrons. The largest absolute Gasteiger partial charge is 0.492 e. The van der Waals surface area contributed by atoms with Gasteiger partial charge in [-0.2, -0.15) is 9.57 Å². The van der Waals surface area contributed by atoms with Crippen LogP contribution in [0.4, 0.5) is 5.69 Å². The van der Waals surface area contributed by atoms with Crippen LogP contribution < -0.4 is 14.8 Å². The van der Waals surface area contributed by atoms with Crippen LogP contribution in [0.1, 0.15) is 31.7 Å². The molecule has 0 aromatic heterocycles. The van der Waals surface area contributed by atoms with Crippen molar-refractivity contribution < 1.29 is 22.7 Å². The van der Waals surface area contributed by atoms with Crippen molar-refractivity contribution in [2.75, 3.05) is 32.1 Å². The third kappa shape index (κ3) is 5.72. The van der Waals surface area contributed by atoms with Crippen LogP contribution in [0.5, 0.6) is 11.5 Å². The fourth-order valence-electron chi connectivity index (χ4n) is 3.63. The summed E-state index contributed by atoms with van der Waals surface area (Å²) >= 11 is 0. The average molecular weight is 470 g/mol. The molecule has 1 saturated heterocycles. The molecule has 3 rings (SSSR count). The van der Waals surface area contributed by atoms with Gasteiger partial charge in [-0.05, 0) is 50.1 Å². The first-order chi connectivity index (χ1) is 15.9. The Labute approximate surface area is 194 Å². The molecule has 0 bridgehead atoms. The summed E-state index contributed by atoms with van der Waals surface area (Å²) in [5.41, 5.74) is 0.636. The Morgan fingerprint density at radius 3 is 2.58 bits per heavy atom. The number of sulfonamides is 1. The maximum atomic E-state index is 12.9. The zero-order valence-electron chi connectivity index (χ0n) is 18.7. The van der Waals surface area contributed by atoms with Gasteiger partial charge in [-0.15, -0.1) is 0 Å². The van der Waals surface area contributed by atoms with Crippen LogP contribution >= 0.6 is 0 Å². The quantitative estimate of drug-likeness (QED) is 0.465. The number of hydrogen-bond acceptors (Lipinski definition) is 6. The Morgan fingerprint density at radius 1 is 1.18 bits per heavy atom. The first-order valence-corrected chi connectivity index (χ1v) is 12.2. The summed E-state index contributed by atoms with van der Waals surface area (Å²) in [4.78, 5) is 12.9. The van der Waals surface area contributed by atoms with E-state index in [1.54, 1.807) is 30.3 Å². The molecule has 2 aromatic carbocycles. The minimum absolute atomic E-state index is 0.107. The molecule has 9 heteroatoms. The van der Waals surface area contributed by atoms with Gasteiger partial charge in [0.1, 0.15) is 11.6 Å². The van der Waals surface area contributed by atoms with Crippen LogP contribution in [0.2, 0.25) is 0 Å². The number of carbonyl (C=O) groups excluding carboxylic acids is 1. The molecule has 1 fully saturated rings. The van der Waals surface area contributed by atoms with Gasteiger partial charge in [0.25, 0.3) is 5.91 Å². The fraction of sp³-hybridized carbons (Fsp3) is 0.333. The summed E-state index contributed by atoms with van der Waals surface area (Å²) in [7, 11) is -2.16. The number of methoxy groups -OCH3 is 1. The average Bonchev–Trinajstić information content (AvgIpc) is 2.83. The van der Waals surface area contributed by atoms with Crippen LogP contribution in [0.25, 0.3) is 6.08 Å². The lowest BCUT2D eigenvalue weighted by Gasteiger charge is -2.26. The molecule has 1 N–H and O–H groups in total. The number of amides is 1. The molecule has 0 atom stereocenters. The van der Waals surface area contributed by atoms with Crippen LogP contribution in [0, 0.1) is 11.3 Å². The van der Waals surface area contributed by atoms with Crippen LogP contribution in [-0.2, 0) is 14.8 Å². The van der Waals surface area contributed by atoms with Crippen molar-refractivity contribution in [3.8, 4) is 17.6 Å². The van der Waals surface area contributed by atoms with E-state index >= 15 is 0 Å². The molecular formula is C24H27N3O5S. The number of hydrogen-bond donors (Lipinski definition) is 1. The number of para-hydroxylation sites is 1. The summed E-state index contributed by atoms with van der Waals surface area (Å²) < 4.78 is 38.3. The molecule has 0 saturated carbocycles. The van der Waals surface area contributed by atoms with Crippen LogP contribution in [0.15, 0.2) is 52.9 Å². The van der Waals surface area contributed by atoms with E-state index < -0.39 is 15.9 Å². The van der Waals surface area contributed by atoms with Crippen molar-refractivity contribution in [2.24, 2.45) is 0 Å². The van der Waals surface area contributed by atoms with Crippen molar-refractivity contribution in [3.63, 3.8) is 0 Å². The summed E-state index contributed by atoms with van der Waals surface area (Å²) in [6.45, 7) is 3.26. The minimum Gasteiger partial charge on any atom is -0.492 e. The molecular weight excluding hydrogens is 442 g/mol. The van der Waals surface area contributed by atoms with E-state index in [9.17, 15) is 18.5 Å². The fourth-order valence-corrected chi connectivity index (χ4v) is 5.19. The van der Waals surface area contributed by atoms with E-state index in [0.717, 1.165) is 19.3 Å². The number of carbonyl (C=O) groups is 1. The van der Waals surface area contributed by atoms with Crippen LogP contribution in [-0.4, -0.2) is 45.4 Å². The highest BCUT2D eigenvalue weighted by Crippen LogP contribution is 2.32. The molecule has 1 aliphatic heterocycles. The van der Waals surface area contributed by atoms with Gasteiger partial charge in [0.15, 0.2) is 11.5 Å². The van der Waals surface area contributed by atoms with Crippen molar-refractivity contribution in [1.82, 2.24) is 4.31 Å². The molecule has 8 nitrogen and oxygen atoms in total. The van der Waals surface area contributed by atoms with Crippen molar-refractivity contribution in [3.05, 3.63) is 53.6 Å². The number of ether oxygens (including phenoxy) is 2. The third-order valence-electron chi connectivity index (χ3n) is 5.22. The van der Waals surface area contributed by atoms with E-state index in [1.165, 1.54) is 29.6 Å².